The van der Waals surface area contributed by atoms with Crippen molar-refractivity contribution in [2.24, 2.45) is 5.73 Å². The maximum atomic E-state index is 11.5. The molecule has 0 spiro atoms. The van der Waals surface area contributed by atoms with Crippen molar-refractivity contribution in [3.8, 4) is 0 Å². The van der Waals surface area contributed by atoms with E-state index in [0.29, 0.717) is 6.42 Å². The average molecular weight is 278 g/mol. The Hall–Kier alpha value is -0.230. The Kier molecular flexibility index (Phi) is 4.74. The molecule has 3 nitrogen and oxygen atoms in total. The maximum Gasteiger partial charge on any atom is 0.157 e. The highest BCUT2D eigenvalue weighted by Gasteiger charge is 2.14. The van der Waals surface area contributed by atoms with E-state index in [1.165, 1.54) is 7.11 Å². The fraction of sp³-hybridized carbons (Fsp3) is 0.444. The number of halogens is 1. The number of hydrogen-bond acceptors (Lipinski definition) is 4. The fourth-order valence-corrected chi connectivity index (χ4v) is 2.48. The molecule has 1 rings (SSSR count). The summed E-state index contributed by atoms with van der Waals surface area (Å²) in [4.78, 5) is 12.5. The lowest BCUT2D eigenvalue weighted by Gasteiger charge is -2.07. The van der Waals surface area contributed by atoms with Gasteiger partial charge >= 0.3 is 0 Å². The van der Waals surface area contributed by atoms with Crippen LogP contribution in [0, 0.1) is 0 Å². The van der Waals surface area contributed by atoms with Gasteiger partial charge in [-0.15, -0.1) is 11.3 Å². The third-order valence-electron chi connectivity index (χ3n) is 1.73. The molecule has 1 aromatic heterocycles. The quantitative estimate of drug-likeness (QED) is 0.890. The number of methoxy groups -OCH3 is 1. The van der Waals surface area contributed by atoms with Gasteiger partial charge in [0.1, 0.15) is 0 Å². The first-order valence-electron chi connectivity index (χ1n) is 4.13. The molecule has 0 saturated heterocycles. The van der Waals surface area contributed by atoms with E-state index < -0.39 is 6.04 Å². The molecule has 0 aliphatic carbocycles. The van der Waals surface area contributed by atoms with Crippen LogP contribution in [-0.4, -0.2) is 25.5 Å². The van der Waals surface area contributed by atoms with Crippen LogP contribution >= 0.6 is 27.3 Å². The summed E-state index contributed by atoms with van der Waals surface area (Å²) in [5.41, 5.74) is 5.60. The van der Waals surface area contributed by atoms with Crippen LogP contribution in [0.1, 0.15) is 4.88 Å². The lowest BCUT2D eigenvalue weighted by atomic mass is 10.1. The first-order chi connectivity index (χ1) is 6.63. The Labute approximate surface area is 95.4 Å². The van der Waals surface area contributed by atoms with E-state index in [-0.39, 0.29) is 12.4 Å². The van der Waals surface area contributed by atoms with Crippen LogP contribution in [0.5, 0.6) is 0 Å². The Balaban J connectivity index is 2.48. The normalized spacial score (nSPS) is 12.8. The molecule has 1 heterocycles. The van der Waals surface area contributed by atoms with Gasteiger partial charge in [-0.3, -0.25) is 4.79 Å². The van der Waals surface area contributed by atoms with E-state index in [0.717, 1.165) is 9.35 Å². The van der Waals surface area contributed by atoms with Gasteiger partial charge in [-0.2, -0.15) is 0 Å². The zero-order chi connectivity index (χ0) is 10.6. The van der Waals surface area contributed by atoms with Crippen LogP contribution in [0.4, 0.5) is 0 Å². The van der Waals surface area contributed by atoms with E-state index >= 15 is 0 Å². The highest BCUT2D eigenvalue weighted by atomic mass is 79.9. The van der Waals surface area contributed by atoms with Crippen molar-refractivity contribution in [1.82, 2.24) is 0 Å². The van der Waals surface area contributed by atoms with E-state index in [9.17, 15) is 4.79 Å². The molecule has 0 fully saturated rings. The van der Waals surface area contributed by atoms with Crippen LogP contribution in [0.2, 0.25) is 0 Å². The smallest absolute Gasteiger partial charge is 0.157 e. The van der Waals surface area contributed by atoms with Gasteiger partial charge in [0.25, 0.3) is 0 Å². The molecule has 0 amide bonds. The topological polar surface area (TPSA) is 52.3 Å². The first kappa shape index (κ1) is 11.8. The van der Waals surface area contributed by atoms with Gasteiger partial charge in [-0.1, -0.05) is 0 Å². The molecule has 0 bridgehead atoms. The van der Waals surface area contributed by atoms with Crippen molar-refractivity contribution in [2.75, 3.05) is 13.7 Å². The second kappa shape index (κ2) is 5.60. The van der Waals surface area contributed by atoms with E-state index in [4.69, 9.17) is 10.5 Å². The number of hydrogen-bond donors (Lipinski definition) is 1. The highest BCUT2D eigenvalue weighted by Crippen LogP contribution is 2.20. The van der Waals surface area contributed by atoms with Gasteiger partial charge in [-0.05, 0) is 22.0 Å². The van der Waals surface area contributed by atoms with Gasteiger partial charge in [0, 0.05) is 28.3 Å². The summed E-state index contributed by atoms with van der Waals surface area (Å²) in [5.74, 6) is 0.0150. The molecule has 0 aromatic carbocycles. The number of thiophene rings is 1. The van der Waals surface area contributed by atoms with Crippen LogP contribution in [-0.2, 0) is 16.0 Å². The van der Waals surface area contributed by atoms with Crippen molar-refractivity contribution in [2.45, 2.75) is 12.5 Å². The number of carbonyl (C=O) groups is 1. The van der Waals surface area contributed by atoms with Gasteiger partial charge in [0.2, 0.25) is 0 Å². The molecule has 1 unspecified atom stereocenters. The summed E-state index contributed by atoms with van der Waals surface area (Å²) in [7, 11) is 1.54. The van der Waals surface area contributed by atoms with Gasteiger partial charge < -0.3 is 10.5 Å². The molecular formula is C9H12BrNO2S. The maximum absolute atomic E-state index is 11.5. The van der Waals surface area contributed by atoms with Crippen molar-refractivity contribution in [1.29, 1.82) is 0 Å². The van der Waals surface area contributed by atoms with Crippen molar-refractivity contribution < 1.29 is 9.53 Å². The summed E-state index contributed by atoms with van der Waals surface area (Å²) in [5, 5.41) is 1.95. The molecule has 2 N–H and O–H groups in total. The number of ether oxygens (including phenoxy) is 1. The van der Waals surface area contributed by atoms with Gasteiger partial charge in [-0.25, -0.2) is 0 Å². The molecule has 0 aliphatic rings. The van der Waals surface area contributed by atoms with Gasteiger partial charge in [0.15, 0.2) is 5.78 Å². The molecule has 0 aliphatic heterocycles. The summed E-state index contributed by atoms with van der Waals surface area (Å²) < 4.78 is 5.82. The second-order valence-corrected chi connectivity index (χ2v) is 4.85. The summed E-state index contributed by atoms with van der Waals surface area (Å²) in [6.07, 6.45) is 0.390. The predicted octanol–water partition coefficient (Wildman–Crippen LogP) is 1.60. The number of ketones is 1. The monoisotopic (exact) mass is 277 g/mol. The van der Waals surface area contributed by atoms with Crippen LogP contribution < -0.4 is 5.73 Å². The molecule has 14 heavy (non-hydrogen) atoms. The van der Waals surface area contributed by atoms with Crippen molar-refractivity contribution >= 4 is 33.0 Å². The second-order valence-electron chi connectivity index (χ2n) is 2.94. The highest BCUT2D eigenvalue weighted by molar-refractivity contribution is 9.10. The largest absolute Gasteiger partial charge is 0.383 e. The molecule has 1 atom stereocenters. The zero-order valence-corrected chi connectivity index (χ0v) is 10.2. The Bertz CT molecular complexity index is 314. The van der Waals surface area contributed by atoms with E-state index in [2.05, 4.69) is 15.9 Å². The summed E-state index contributed by atoms with van der Waals surface area (Å²) in [6, 6.07) is 1.42. The number of carbonyl (C=O) groups excluding carboxylic acids is 1. The third kappa shape index (κ3) is 3.49. The fourth-order valence-electron chi connectivity index (χ4n) is 1.02. The van der Waals surface area contributed by atoms with Crippen LogP contribution in [0.3, 0.4) is 0 Å². The first-order valence-corrected chi connectivity index (χ1v) is 5.81. The zero-order valence-electron chi connectivity index (χ0n) is 7.83. The van der Waals surface area contributed by atoms with E-state index in [1.54, 1.807) is 11.3 Å². The molecule has 78 valence electrons. The molecule has 0 saturated carbocycles. The predicted molar refractivity (Wildman–Crippen MR) is 60.6 cm³/mol. The molecule has 1 aromatic rings. The minimum absolute atomic E-state index is 0.0150. The SMILES string of the molecule is COCC(N)C(=O)Cc1cc(Br)cs1. The standard InChI is InChI=1S/C9H12BrNO2S/c1-13-4-8(11)9(12)3-7-2-6(10)5-14-7/h2,5,8H,3-4,11H2,1H3. The van der Waals surface area contributed by atoms with E-state index in [1.807, 2.05) is 11.4 Å². The molecular weight excluding hydrogens is 266 g/mol. The van der Waals surface area contributed by atoms with Crippen molar-refractivity contribution in [3.05, 3.63) is 20.8 Å². The Morgan fingerprint density at radius 3 is 3.00 bits per heavy atom. The third-order valence-corrected chi connectivity index (χ3v) is 3.43. The lowest BCUT2D eigenvalue weighted by Crippen LogP contribution is -2.35. The minimum atomic E-state index is -0.513. The number of rotatable bonds is 5. The Morgan fingerprint density at radius 2 is 2.50 bits per heavy atom. The summed E-state index contributed by atoms with van der Waals surface area (Å²) >= 11 is 4.88. The van der Waals surface area contributed by atoms with Crippen molar-refractivity contribution in [3.63, 3.8) is 0 Å². The van der Waals surface area contributed by atoms with Gasteiger partial charge in [0.05, 0.1) is 12.6 Å². The number of Topliss-reactive ketones (excluding diaryl/α,β-unsaturated/α-hetero) is 1. The van der Waals surface area contributed by atoms with Crippen LogP contribution in [0.25, 0.3) is 0 Å². The van der Waals surface area contributed by atoms with Crippen LogP contribution in [0.15, 0.2) is 15.9 Å². The molecule has 0 radical (unpaired) electrons. The molecule has 5 heteroatoms. The minimum Gasteiger partial charge on any atom is -0.383 e. The summed E-state index contributed by atoms with van der Waals surface area (Å²) in [6.45, 7) is 0.283. The lowest BCUT2D eigenvalue weighted by molar-refractivity contribution is -0.120. The number of nitrogens with two attached hydrogens (primary N) is 1. The Morgan fingerprint density at radius 1 is 1.79 bits per heavy atom. The average Bonchev–Trinajstić information content (AvgIpc) is 2.51.